The van der Waals surface area contributed by atoms with E-state index in [0.29, 0.717) is 4.88 Å². The molecule has 0 aliphatic heterocycles. The van der Waals surface area contributed by atoms with Crippen molar-refractivity contribution in [1.29, 1.82) is 0 Å². The third-order valence-corrected chi connectivity index (χ3v) is 6.75. The number of carbonyl (C=O) groups is 2. The second kappa shape index (κ2) is 7.29. The van der Waals surface area contributed by atoms with E-state index in [1.165, 1.54) is 24.5 Å². The molecule has 2 heterocycles. The zero-order valence-electron chi connectivity index (χ0n) is 14.6. The fraction of sp³-hybridized carbons (Fsp3) is 0.100. The van der Waals surface area contributed by atoms with Gasteiger partial charge < -0.3 is 10.6 Å². The summed E-state index contributed by atoms with van der Waals surface area (Å²) in [4.78, 5) is 25.4. The second-order valence-corrected chi connectivity index (χ2v) is 8.23. The van der Waals surface area contributed by atoms with E-state index < -0.39 is 29.5 Å². The normalized spacial score (nSPS) is 12.2. The quantitative estimate of drug-likeness (QED) is 0.510. The number of nitrogens with one attached hydrogen (secondary N) is 2. The van der Waals surface area contributed by atoms with E-state index in [9.17, 15) is 18.4 Å². The number of hydrogen-bond donors (Lipinski definition) is 2. The molecule has 0 aliphatic rings. The summed E-state index contributed by atoms with van der Waals surface area (Å²) in [6.45, 7) is 0. The van der Waals surface area contributed by atoms with Crippen LogP contribution < -0.4 is 10.6 Å². The molecule has 1 unspecified atom stereocenters. The first-order chi connectivity index (χ1) is 13.5. The van der Waals surface area contributed by atoms with Crippen LogP contribution >= 0.6 is 22.7 Å². The number of carbonyl (C=O) groups excluding carboxylic acids is 2. The molecule has 4 aromatic rings. The summed E-state index contributed by atoms with van der Waals surface area (Å²) in [5, 5.41) is 6.14. The number of likely N-dealkylation sites (N-methyl/N-ethyl adjacent to an activating group) is 1. The van der Waals surface area contributed by atoms with Crippen molar-refractivity contribution in [1.82, 2.24) is 10.6 Å². The van der Waals surface area contributed by atoms with E-state index >= 15 is 0 Å². The van der Waals surface area contributed by atoms with E-state index in [1.807, 2.05) is 24.3 Å². The largest absolute Gasteiger partial charge is 0.357 e. The predicted octanol–water partition coefficient (Wildman–Crippen LogP) is 4.61. The summed E-state index contributed by atoms with van der Waals surface area (Å²) in [7, 11) is 1.41. The Labute approximate surface area is 166 Å². The van der Waals surface area contributed by atoms with Gasteiger partial charge in [0, 0.05) is 21.8 Å². The van der Waals surface area contributed by atoms with Gasteiger partial charge >= 0.3 is 0 Å². The van der Waals surface area contributed by atoms with Crippen LogP contribution in [-0.2, 0) is 4.79 Å². The second-order valence-electron chi connectivity index (χ2n) is 6.10. The maximum Gasteiger partial charge on any atom is 0.262 e. The lowest BCUT2D eigenvalue weighted by Gasteiger charge is -2.17. The van der Waals surface area contributed by atoms with Crippen LogP contribution in [0.4, 0.5) is 8.78 Å². The van der Waals surface area contributed by atoms with Gasteiger partial charge in [-0.1, -0.05) is 24.3 Å². The molecule has 142 valence electrons. The molecule has 0 aliphatic carbocycles. The van der Waals surface area contributed by atoms with E-state index in [1.54, 1.807) is 17.4 Å². The molecule has 0 bridgehead atoms. The van der Waals surface area contributed by atoms with E-state index in [2.05, 4.69) is 10.6 Å². The minimum Gasteiger partial charge on any atom is -0.357 e. The lowest BCUT2D eigenvalue weighted by molar-refractivity contribution is -0.122. The molecule has 0 fully saturated rings. The van der Waals surface area contributed by atoms with Crippen LogP contribution in [0.1, 0.15) is 21.3 Å². The molecule has 28 heavy (non-hydrogen) atoms. The first-order valence-corrected chi connectivity index (χ1v) is 9.99. The monoisotopic (exact) mass is 416 g/mol. The Morgan fingerprint density at radius 3 is 2.50 bits per heavy atom. The van der Waals surface area contributed by atoms with Gasteiger partial charge in [0.05, 0.1) is 9.58 Å². The molecule has 0 saturated carbocycles. The van der Waals surface area contributed by atoms with Gasteiger partial charge in [0.25, 0.3) is 5.91 Å². The highest BCUT2D eigenvalue weighted by molar-refractivity contribution is 7.33. The highest BCUT2D eigenvalue weighted by atomic mass is 32.1. The zero-order valence-corrected chi connectivity index (χ0v) is 16.2. The fourth-order valence-corrected chi connectivity index (χ4v) is 5.38. The van der Waals surface area contributed by atoms with Crippen molar-refractivity contribution in [3.8, 4) is 0 Å². The maximum atomic E-state index is 13.6. The standard InChI is InChI=1S/C20H14F2N2O2S2/c1-23-20(26)17(10-6-7-12(21)13(22)8-10)24-19(25)16-9-15-18(28-16)11-4-2-3-5-14(11)27-15/h2-9,17H,1H3,(H,23,26)(H,24,25). The number of halogens is 2. The SMILES string of the molecule is CNC(=O)C(NC(=O)c1cc2sc3ccccc3c2s1)c1ccc(F)c(F)c1. The van der Waals surface area contributed by atoms with Crippen LogP contribution in [-0.4, -0.2) is 18.9 Å². The smallest absolute Gasteiger partial charge is 0.262 e. The first-order valence-electron chi connectivity index (χ1n) is 8.36. The van der Waals surface area contributed by atoms with Gasteiger partial charge in [-0.15, -0.1) is 22.7 Å². The van der Waals surface area contributed by atoms with E-state index in [4.69, 9.17) is 0 Å². The van der Waals surface area contributed by atoms with Crippen molar-refractivity contribution in [2.24, 2.45) is 0 Å². The Bertz CT molecular complexity index is 1220. The van der Waals surface area contributed by atoms with Gasteiger partial charge in [-0.05, 0) is 29.8 Å². The molecular formula is C20H14F2N2O2S2. The van der Waals surface area contributed by atoms with Gasteiger partial charge in [-0.25, -0.2) is 8.78 Å². The van der Waals surface area contributed by atoms with Gasteiger partial charge in [-0.3, -0.25) is 9.59 Å². The summed E-state index contributed by atoms with van der Waals surface area (Å²) in [5.74, 6) is -3.07. The molecule has 8 heteroatoms. The molecule has 2 N–H and O–H groups in total. The fourth-order valence-electron chi connectivity index (χ4n) is 2.95. The Morgan fingerprint density at radius 1 is 0.964 bits per heavy atom. The lowest BCUT2D eigenvalue weighted by Crippen LogP contribution is -2.38. The summed E-state index contributed by atoms with van der Waals surface area (Å²) < 4.78 is 30.0. The van der Waals surface area contributed by atoms with E-state index in [0.717, 1.165) is 31.6 Å². The molecule has 2 aromatic heterocycles. The lowest BCUT2D eigenvalue weighted by atomic mass is 10.1. The topological polar surface area (TPSA) is 58.2 Å². The third-order valence-electron chi connectivity index (χ3n) is 4.33. The predicted molar refractivity (Wildman–Crippen MR) is 108 cm³/mol. The summed E-state index contributed by atoms with van der Waals surface area (Å²) in [6, 6.07) is 11.7. The molecule has 0 spiro atoms. The van der Waals surface area contributed by atoms with E-state index in [-0.39, 0.29) is 5.56 Å². The number of amides is 2. The Kier molecular flexibility index (Phi) is 4.82. The number of benzene rings is 2. The van der Waals surface area contributed by atoms with Crippen LogP contribution in [0.2, 0.25) is 0 Å². The molecule has 2 amide bonds. The minimum atomic E-state index is -1.13. The zero-order chi connectivity index (χ0) is 19.8. The van der Waals surface area contributed by atoms with Gasteiger partial charge in [0.2, 0.25) is 5.91 Å². The molecule has 2 aromatic carbocycles. The minimum absolute atomic E-state index is 0.162. The average Bonchev–Trinajstić information content (AvgIpc) is 3.25. The highest BCUT2D eigenvalue weighted by Crippen LogP contribution is 2.39. The van der Waals surface area contributed by atoms with Crippen molar-refractivity contribution < 1.29 is 18.4 Å². The number of thiophene rings is 2. The molecule has 0 radical (unpaired) electrons. The van der Waals surface area contributed by atoms with Crippen LogP contribution in [0.15, 0.2) is 48.5 Å². The molecule has 0 saturated heterocycles. The summed E-state index contributed by atoms with van der Waals surface area (Å²) in [6.07, 6.45) is 0. The highest BCUT2D eigenvalue weighted by Gasteiger charge is 2.25. The number of rotatable bonds is 4. The van der Waals surface area contributed by atoms with Gasteiger partial charge in [0.1, 0.15) is 6.04 Å². The van der Waals surface area contributed by atoms with Crippen LogP contribution in [0.5, 0.6) is 0 Å². The Hall–Kier alpha value is -2.84. The third kappa shape index (κ3) is 3.25. The molecule has 4 nitrogen and oxygen atoms in total. The molecule has 1 atom stereocenters. The Balaban J connectivity index is 1.66. The number of hydrogen-bond acceptors (Lipinski definition) is 4. The molecule has 4 rings (SSSR count). The maximum absolute atomic E-state index is 13.6. The van der Waals surface area contributed by atoms with Crippen LogP contribution in [0.3, 0.4) is 0 Å². The van der Waals surface area contributed by atoms with Gasteiger partial charge in [0.15, 0.2) is 11.6 Å². The van der Waals surface area contributed by atoms with Crippen molar-refractivity contribution in [3.63, 3.8) is 0 Å². The van der Waals surface area contributed by atoms with Crippen molar-refractivity contribution in [3.05, 3.63) is 70.6 Å². The van der Waals surface area contributed by atoms with Crippen molar-refractivity contribution in [2.75, 3.05) is 7.05 Å². The summed E-state index contributed by atoms with van der Waals surface area (Å²) >= 11 is 2.93. The van der Waals surface area contributed by atoms with Crippen LogP contribution in [0.25, 0.3) is 19.5 Å². The first kappa shape index (κ1) is 18.5. The average molecular weight is 416 g/mol. The Morgan fingerprint density at radius 2 is 1.75 bits per heavy atom. The van der Waals surface area contributed by atoms with Crippen molar-refractivity contribution >= 4 is 54.0 Å². The summed E-state index contributed by atoms with van der Waals surface area (Å²) in [5.41, 5.74) is 0.162. The molecular weight excluding hydrogens is 402 g/mol. The number of fused-ring (bicyclic) bond motifs is 3. The van der Waals surface area contributed by atoms with Gasteiger partial charge in [-0.2, -0.15) is 0 Å². The van der Waals surface area contributed by atoms with Crippen LogP contribution in [0, 0.1) is 11.6 Å². The van der Waals surface area contributed by atoms with Crippen molar-refractivity contribution in [2.45, 2.75) is 6.04 Å².